The lowest BCUT2D eigenvalue weighted by atomic mass is 10.2. The van der Waals surface area contributed by atoms with Crippen LogP contribution in [0.15, 0.2) is 0 Å². The molecule has 0 aliphatic carbocycles. The van der Waals surface area contributed by atoms with E-state index < -0.39 is 0 Å². The molecule has 0 amide bonds. The van der Waals surface area contributed by atoms with Crippen molar-refractivity contribution in [2.45, 2.75) is 77.3 Å². The van der Waals surface area contributed by atoms with Crippen molar-refractivity contribution in [1.29, 1.82) is 0 Å². The molecule has 0 aliphatic heterocycles. The molecule has 0 aromatic rings. The van der Waals surface area contributed by atoms with Gasteiger partial charge in [0, 0.05) is 9.52 Å². The SMILES string of the molecule is CCCCCC[Si]CCCCCC. The molecule has 2 radical (unpaired) electrons. The second-order valence-electron chi connectivity index (χ2n) is 3.87. The van der Waals surface area contributed by atoms with E-state index in [1.807, 2.05) is 0 Å². The van der Waals surface area contributed by atoms with Gasteiger partial charge in [-0.1, -0.05) is 77.3 Å². The summed E-state index contributed by atoms with van der Waals surface area (Å²) in [7, 11) is 1.25. The third-order valence-electron chi connectivity index (χ3n) is 2.41. The second-order valence-corrected chi connectivity index (χ2v) is 5.37. The average molecular weight is 198 g/mol. The Balaban J connectivity index is 2.76. The Morgan fingerprint density at radius 3 is 1.46 bits per heavy atom. The zero-order valence-corrected chi connectivity index (χ0v) is 10.6. The van der Waals surface area contributed by atoms with Crippen molar-refractivity contribution in [3.8, 4) is 0 Å². The van der Waals surface area contributed by atoms with E-state index in [4.69, 9.17) is 0 Å². The van der Waals surface area contributed by atoms with Gasteiger partial charge in [0.25, 0.3) is 0 Å². The number of rotatable bonds is 10. The quantitative estimate of drug-likeness (QED) is 0.353. The van der Waals surface area contributed by atoms with Crippen molar-refractivity contribution >= 4 is 9.52 Å². The number of unbranched alkanes of at least 4 members (excludes halogenated alkanes) is 6. The van der Waals surface area contributed by atoms with Crippen molar-refractivity contribution < 1.29 is 0 Å². The van der Waals surface area contributed by atoms with Gasteiger partial charge in [-0.2, -0.15) is 0 Å². The van der Waals surface area contributed by atoms with Gasteiger partial charge in [-0.05, 0) is 0 Å². The highest BCUT2D eigenvalue weighted by molar-refractivity contribution is 6.35. The Bertz CT molecular complexity index is 71.2. The second kappa shape index (κ2) is 12.2. The summed E-state index contributed by atoms with van der Waals surface area (Å²) in [5.74, 6) is 0. The van der Waals surface area contributed by atoms with Crippen molar-refractivity contribution in [2.75, 3.05) is 0 Å². The summed E-state index contributed by atoms with van der Waals surface area (Å²) in [5, 5.41) is 0. The van der Waals surface area contributed by atoms with E-state index in [1.54, 1.807) is 0 Å². The van der Waals surface area contributed by atoms with Crippen molar-refractivity contribution in [3.63, 3.8) is 0 Å². The molecule has 0 N–H and O–H groups in total. The van der Waals surface area contributed by atoms with Crippen LogP contribution in [0.4, 0.5) is 0 Å². The van der Waals surface area contributed by atoms with Crippen LogP contribution in [0, 0.1) is 0 Å². The first-order valence-corrected chi connectivity index (χ1v) is 7.54. The lowest BCUT2D eigenvalue weighted by Crippen LogP contribution is -1.89. The minimum Gasteiger partial charge on any atom is -0.0654 e. The normalized spacial score (nSPS) is 10.6. The maximum Gasteiger partial charge on any atom is 0.0378 e. The summed E-state index contributed by atoms with van der Waals surface area (Å²) < 4.78 is 0. The molecule has 1 heteroatoms. The standard InChI is InChI=1S/C12H26Si/c1-3-5-7-9-11-13-12-10-8-6-4-2/h3-12H2,1-2H3. The lowest BCUT2D eigenvalue weighted by molar-refractivity contribution is 0.689. The fourth-order valence-electron chi connectivity index (χ4n) is 1.48. The van der Waals surface area contributed by atoms with Crippen LogP contribution in [-0.2, 0) is 0 Å². The van der Waals surface area contributed by atoms with E-state index in [0.717, 1.165) is 0 Å². The largest absolute Gasteiger partial charge is 0.0654 e. The first kappa shape index (κ1) is 13.2. The summed E-state index contributed by atoms with van der Waals surface area (Å²) in [4.78, 5) is 0. The van der Waals surface area contributed by atoms with Gasteiger partial charge >= 0.3 is 0 Å². The van der Waals surface area contributed by atoms with Gasteiger partial charge in [0.05, 0.1) is 0 Å². The third kappa shape index (κ3) is 12.2. The van der Waals surface area contributed by atoms with Crippen molar-refractivity contribution in [1.82, 2.24) is 0 Å². The molecule has 0 bridgehead atoms. The molecule has 78 valence electrons. The summed E-state index contributed by atoms with van der Waals surface area (Å²) in [6.45, 7) is 4.57. The maximum atomic E-state index is 2.28. The Hall–Kier alpha value is 0.217. The average Bonchev–Trinajstić information content (AvgIpc) is 2.16. The molecule has 0 aromatic carbocycles. The van der Waals surface area contributed by atoms with Gasteiger partial charge in [-0.15, -0.1) is 0 Å². The van der Waals surface area contributed by atoms with Gasteiger partial charge in [0.2, 0.25) is 0 Å². The molecular weight excluding hydrogens is 172 g/mol. The molecule has 13 heavy (non-hydrogen) atoms. The molecule has 0 saturated carbocycles. The van der Waals surface area contributed by atoms with Crippen LogP contribution in [-0.4, -0.2) is 9.52 Å². The molecule has 0 aromatic heterocycles. The van der Waals surface area contributed by atoms with Crippen LogP contribution in [0.1, 0.15) is 65.2 Å². The zero-order chi connectivity index (χ0) is 9.78. The fourth-order valence-corrected chi connectivity index (χ4v) is 2.73. The van der Waals surface area contributed by atoms with Crippen LogP contribution in [0.3, 0.4) is 0 Å². The highest BCUT2D eigenvalue weighted by Crippen LogP contribution is 2.06. The molecule has 0 spiro atoms. The molecule has 0 fully saturated rings. The minimum atomic E-state index is 1.25. The Morgan fingerprint density at radius 2 is 1.08 bits per heavy atom. The van der Waals surface area contributed by atoms with E-state index >= 15 is 0 Å². The molecular formula is C12H26Si. The number of hydrogen-bond donors (Lipinski definition) is 0. The lowest BCUT2D eigenvalue weighted by Gasteiger charge is -1.99. The van der Waals surface area contributed by atoms with Crippen LogP contribution in [0.25, 0.3) is 0 Å². The molecule has 0 heterocycles. The van der Waals surface area contributed by atoms with Gasteiger partial charge in [-0.25, -0.2) is 0 Å². The maximum absolute atomic E-state index is 2.28. The summed E-state index contributed by atoms with van der Waals surface area (Å²) >= 11 is 0. The molecule has 0 nitrogen and oxygen atoms in total. The molecule has 0 aliphatic rings. The third-order valence-corrected chi connectivity index (χ3v) is 3.83. The first-order chi connectivity index (χ1) is 6.41. The van der Waals surface area contributed by atoms with Crippen LogP contribution in [0.2, 0.25) is 12.1 Å². The number of hydrogen-bond acceptors (Lipinski definition) is 0. The minimum absolute atomic E-state index is 1.25. The van der Waals surface area contributed by atoms with Gasteiger partial charge in [0.15, 0.2) is 0 Å². The topological polar surface area (TPSA) is 0 Å². The van der Waals surface area contributed by atoms with E-state index in [2.05, 4.69) is 13.8 Å². The van der Waals surface area contributed by atoms with Crippen LogP contribution < -0.4 is 0 Å². The highest BCUT2D eigenvalue weighted by atomic mass is 28.2. The highest BCUT2D eigenvalue weighted by Gasteiger charge is 1.92. The zero-order valence-electron chi connectivity index (χ0n) is 9.57. The van der Waals surface area contributed by atoms with E-state index in [1.165, 1.54) is 73.0 Å². The smallest absolute Gasteiger partial charge is 0.0378 e. The predicted octanol–water partition coefficient (Wildman–Crippen LogP) is 4.69. The van der Waals surface area contributed by atoms with Crippen molar-refractivity contribution in [2.24, 2.45) is 0 Å². The van der Waals surface area contributed by atoms with Crippen molar-refractivity contribution in [3.05, 3.63) is 0 Å². The van der Waals surface area contributed by atoms with E-state index in [-0.39, 0.29) is 0 Å². The fraction of sp³-hybridized carbons (Fsp3) is 1.00. The van der Waals surface area contributed by atoms with Crippen LogP contribution >= 0.6 is 0 Å². The first-order valence-electron chi connectivity index (χ1n) is 6.12. The molecule has 0 unspecified atom stereocenters. The monoisotopic (exact) mass is 198 g/mol. The van der Waals surface area contributed by atoms with Gasteiger partial charge < -0.3 is 0 Å². The molecule has 0 rings (SSSR count). The van der Waals surface area contributed by atoms with Gasteiger partial charge in [0.1, 0.15) is 0 Å². The summed E-state index contributed by atoms with van der Waals surface area (Å²) in [6, 6.07) is 3.01. The Kier molecular flexibility index (Phi) is 12.4. The summed E-state index contributed by atoms with van der Waals surface area (Å²) in [6.07, 6.45) is 11.6. The Labute approximate surface area is 87.3 Å². The predicted molar refractivity (Wildman–Crippen MR) is 63.7 cm³/mol. The van der Waals surface area contributed by atoms with Gasteiger partial charge in [-0.3, -0.25) is 0 Å². The Morgan fingerprint density at radius 1 is 0.615 bits per heavy atom. The van der Waals surface area contributed by atoms with Crippen LogP contribution in [0.5, 0.6) is 0 Å². The van der Waals surface area contributed by atoms with E-state index in [0.29, 0.717) is 0 Å². The molecule has 0 saturated heterocycles. The van der Waals surface area contributed by atoms with E-state index in [9.17, 15) is 0 Å². The molecule has 0 atom stereocenters. The summed E-state index contributed by atoms with van der Waals surface area (Å²) in [5.41, 5.74) is 0.